The average Bonchev–Trinajstić information content (AvgIpc) is 2.48. The topological polar surface area (TPSA) is 92.6 Å². The normalized spacial score (nSPS) is 16.6. The molecule has 1 heterocycles. The molecule has 8 heteroatoms. The van der Waals surface area contributed by atoms with Crippen molar-refractivity contribution in [2.75, 3.05) is 25.0 Å². The summed E-state index contributed by atoms with van der Waals surface area (Å²) in [6, 6.07) is 4.36. The molecule has 1 fully saturated rings. The largest absolute Gasteiger partial charge is 0.380 e. The lowest BCUT2D eigenvalue weighted by Crippen LogP contribution is -2.36. The number of sulfonamides is 1. The van der Waals surface area contributed by atoms with Gasteiger partial charge in [-0.3, -0.25) is 10.1 Å². The minimum absolute atomic E-state index is 0.229. The summed E-state index contributed by atoms with van der Waals surface area (Å²) in [6.45, 7) is 3.12. The van der Waals surface area contributed by atoms with Gasteiger partial charge in [-0.05, 0) is 31.9 Å². The van der Waals surface area contributed by atoms with Gasteiger partial charge in [-0.15, -0.1) is 0 Å². The van der Waals surface area contributed by atoms with Crippen LogP contribution in [0.4, 0.5) is 11.4 Å². The van der Waals surface area contributed by atoms with Gasteiger partial charge in [0, 0.05) is 19.6 Å². The van der Waals surface area contributed by atoms with Gasteiger partial charge >= 0.3 is 5.69 Å². The molecular formula is C13H19N3O4S. The predicted molar refractivity (Wildman–Crippen MR) is 79.9 cm³/mol. The highest BCUT2D eigenvalue weighted by atomic mass is 32.2. The second kappa shape index (κ2) is 6.40. The van der Waals surface area contributed by atoms with E-state index in [1.54, 1.807) is 6.92 Å². The molecule has 116 valence electrons. The molecule has 0 bridgehead atoms. The minimum Gasteiger partial charge on any atom is -0.380 e. The lowest BCUT2D eigenvalue weighted by Gasteiger charge is -2.25. The number of anilines is 1. The fraction of sp³-hybridized carbons (Fsp3) is 0.538. The van der Waals surface area contributed by atoms with E-state index in [1.165, 1.54) is 22.5 Å². The molecule has 7 nitrogen and oxygen atoms in total. The zero-order chi connectivity index (χ0) is 15.5. The molecule has 0 atom stereocenters. The van der Waals surface area contributed by atoms with Crippen LogP contribution in [0, 0.1) is 10.1 Å². The van der Waals surface area contributed by atoms with E-state index < -0.39 is 14.9 Å². The molecule has 0 radical (unpaired) electrons. The van der Waals surface area contributed by atoms with Crippen LogP contribution < -0.4 is 5.32 Å². The Balaban J connectivity index is 2.51. The summed E-state index contributed by atoms with van der Waals surface area (Å²) in [5.74, 6) is 0. The summed E-state index contributed by atoms with van der Waals surface area (Å²) in [4.78, 5) is 10.5. The predicted octanol–water partition coefficient (Wildman–Crippen LogP) is 2.20. The van der Waals surface area contributed by atoms with Crippen LogP contribution in [0.2, 0.25) is 0 Å². The first-order chi connectivity index (χ1) is 9.98. The smallest absolute Gasteiger partial charge is 0.312 e. The Morgan fingerprint density at radius 3 is 2.52 bits per heavy atom. The van der Waals surface area contributed by atoms with E-state index in [2.05, 4.69) is 5.32 Å². The van der Waals surface area contributed by atoms with E-state index in [-0.39, 0.29) is 16.3 Å². The first kappa shape index (κ1) is 15.7. The van der Waals surface area contributed by atoms with Gasteiger partial charge < -0.3 is 5.32 Å². The number of benzene rings is 1. The maximum Gasteiger partial charge on any atom is 0.312 e. The standard InChI is InChI=1S/C13H19N3O4S/c1-2-14-11-7-6-8-12(13(11)16(17)18)21(19,20)15-9-4-3-5-10-15/h6-8,14H,2-5,9-10H2,1H3. The third-order valence-electron chi connectivity index (χ3n) is 3.48. The highest BCUT2D eigenvalue weighted by molar-refractivity contribution is 7.89. The number of para-hydroxylation sites is 1. The fourth-order valence-corrected chi connectivity index (χ4v) is 4.19. The number of nitro benzene ring substituents is 1. The summed E-state index contributed by atoms with van der Waals surface area (Å²) in [6.07, 6.45) is 2.57. The van der Waals surface area contributed by atoms with Crippen LogP contribution in [0.3, 0.4) is 0 Å². The Kier molecular flexibility index (Phi) is 4.79. The van der Waals surface area contributed by atoms with Crippen LogP contribution in [-0.2, 0) is 10.0 Å². The molecular weight excluding hydrogens is 294 g/mol. The van der Waals surface area contributed by atoms with Crippen LogP contribution in [0.1, 0.15) is 26.2 Å². The quantitative estimate of drug-likeness (QED) is 0.664. The van der Waals surface area contributed by atoms with E-state index >= 15 is 0 Å². The Hall–Kier alpha value is -1.67. The molecule has 1 aliphatic rings. The molecule has 0 saturated carbocycles. The van der Waals surface area contributed by atoms with Crippen molar-refractivity contribution >= 4 is 21.4 Å². The van der Waals surface area contributed by atoms with Crippen LogP contribution in [0.15, 0.2) is 23.1 Å². The maximum atomic E-state index is 12.7. The van der Waals surface area contributed by atoms with Gasteiger partial charge in [-0.1, -0.05) is 12.5 Å². The van der Waals surface area contributed by atoms with Gasteiger partial charge in [0.2, 0.25) is 10.0 Å². The van der Waals surface area contributed by atoms with E-state index in [9.17, 15) is 18.5 Å². The summed E-state index contributed by atoms with van der Waals surface area (Å²) in [5, 5.41) is 14.2. The number of nitro groups is 1. The Bertz CT molecular complexity index is 624. The Morgan fingerprint density at radius 2 is 1.95 bits per heavy atom. The monoisotopic (exact) mass is 313 g/mol. The fourth-order valence-electron chi connectivity index (χ4n) is 2.50. The number of hydrogen-bond acceptors (Lipinski definition) is 5. The molecule has 1 N–H and O–H groups in total. The number of hydrogen-bond donors (Lipinski definition) is 1. The van der Waals surface area contributed by atoms with E-state index in [1.807, 2.05) is 0 Å². The third-order valence-corrected chi connectivity index (χ3v) is 5.41. The zero-order valence-corrected chi connectivity index (χ0v) is 12.7. The van der Waals surface area contributed by atoms with Gasteiger partial charge in [0.15, 0.2) is 4.90 Å². The van der Waals surface area contributed by atoms with Gasteiger partial charge in [-0.25, -0.2) is 8.42 Å². The van der Waals surface area contributed by atoms with E-state index in [4.69, 9.17) is 0 Å². The lowest BCUT2D eigenvalue weighted by molar-refractivity contribution is -0.386. The summed E-state index contributed by atoms with van der Waals surface area (Å²) < 4.78 is 26.7. The van der Waals surface area contributed by atoms with Gasteiger partial charge in [0.1, 0.15) is 5.69 Å². The molecule has 0 aromatic heterocycles. The number of rotatable bonds is 5. The Morgan fingerprint density at radius 1 is 1.29 bits per heavy atom. The van der Waals surface area contributed by atoms with Crippen molar-refractivity contribution < 1.29 is 13.3 Å². The second-order valence-electron chi connectivity index (χ2n) is 4.90. The number of nitrogens with one attached hydrogen (secondary N) is 1. The summed E-state index contributed by atoms with van der Waals surface area (Å²) in [5.41, 5.74) is -0.134. The zero-order valence-electron chi connectivity index (χ0n) is 11.9. The molecule has 2 rings (SSSR count). The molecule has 1 aliphatic heterocycles. The summed E-state index contributed by atoms with van der Waals surface area (Å²) in [7, 11) is -3.83. The highest BCUT2D eigenvalue weighted by Gasteiger charge is 2.34. The van der Waals surface area contributed by atoms with Gasteiger partial charge in [0.25, 0.3) is 0 Å². The molecule has 1 aromatic rings. The van der Waals surface area contributed by atoms with Gasteiger partial charge in [-0.2, -0.15) is 4.31 Å². The first-order valence-electron chi connectivity index (χ1n) is 7.00. The van der Waals surface area contributed by atoms with Crippen molar-refractivity contribution in [1.29, 1.82) is 0 Å². The molecule has 0 aliphatic carbocycles. The van der Waals surface area contributed by atoms with E-state index in [0.717, 1.165) is 19.3 Å². The number of nitrogens with zero attached hydrogens (tertiary/aromatic N) is 2. The minimum atomic E-state index is -3.83. The second-order valence-corrected chi connectivity index (χ2v) is 6.81. The van der Waals surface area contributed by atoms with Crippen LogP contribution in [0.25, 0.3) is 0 Å². The van der Waals surface area contributed by atoms with Crippen molar-refractivity contribution in [2.45, 2.75) is 31.1 Å². The first-order valence-corrected chi connectivity index (χ1v) is 8.44. The SMILES string of the molecule is CCNc1cccc(S(=O)(=O)N2CCCCC2)c1[N+](=O)[O-]. The van der Waals surface area contributed by atoms with E-state index in [0.29, 0.717) is 19.6 Å². The maximum absolute atomic E-state index is 12.7. The van der Waals surface area contributed by atoms with Crippen molar-refractivity contribution in [3.05, 3.63) is 28.3 Å². The van der Waals surface area contributed by atoms with Crippen molar-refractivity contribution in [3.8, 4) is 0 Å². The highest BCUT2D eigenvalue weighted by Crippen LogP contribution is 2.34. The van der Waals surface area contributed by atoms with Gasteiger partial charge in [0.05, 0.1) is 4.92 Å². The van der Waals surface area contributed by atoms with Crippen LogP contribution in [-0.4, -0.2) is 37.3 Å². The van der Waals surface area contributed by atoms with Crippen molar-refractivity contribution in [2.24, 2.45) is 0 Å². The van der Waals surface area contributed by atoms with Crippen LogP contribution in [0.5, 0.6) is 0 Å². The Labute approximate surface area is 124 Å². The summed E-state index contributed by atoms with van der Waals surface area (Å²) >= 11 is 0. The lowest BCUT2D eigenvalue weighted by atomic mass is 10.2. The third kappa shape index (κ3) is 3.16. The molecule has 21 heavy (non-hydrogen) atoms. The molecule has 0 spiro atoms. The van der Waals surface area contributed by atoms with Crippen molar-refractivity contribution in [1.82, 2.24) is 4.31 Å². The van der Waals surface area contributed by atoms with Crippen molar-refractivity contribution in [3.63, 3.8) is 0 Å². The molecule has 0 amide bonds. The number of piperidine rings is 1. The van der Waals surface area contributed by atoms with Crippen LogP contribution >= 0.6 is 0 Å². The molecule has 0 unspecified atom stereocenters. The average molecular weight is 313 g/mol. The molecule has 1 aromatic carbocycles. The molecule has 1 saturated heterocycles.